The van der Waals surface area contributed by atoms with Gasteiger partial charge in [-0.1, -0.05) is 51.1 Å². The van der Waals surface area contributed by atoms with E-state index in [0.717, 1.165) is 12.5 Å². The maximum Gasteiger partial charge on any atom is 0.00471 e. The molecule has 0 saturated heterocycles. The molecule has 1 rings (SSSR count). The highest BCUT2D eigenvalue weighted by molar-refractivity contribution is 7.98. The van der Waals surface area contributed by atoms with Gasteiger partial charge in [0.15, 0.2) is 0 Å². The SMILES string of the molecule is CSCC(C)CNC(C)CC(C)(C)c1ccccc1. The molecule has 1 N–H and O–H groups in total. The predicted octanol–water partition coefficient (Wildman–Crippen LogP) is 4.33. The van der Waals surface area contributed by atoms with E-state index in [9.17, 15) is 0 Å². The van der Waals surface area contributed by atoms with Crippen molar-refractivity contribution in [2.24, 2.45) is 5.92 Å². The second kappa shape index (κ2) is 7.96. The monoisotopic (exact) mass is 279 g/mol. The summed E-state index contributed by atoms with van der Waals surface area (Å²) in [5, 5.41) is 3.68. The minimum atomic E-state index is 0.233. The van der Waals surface area contributed by atoms with Gasteiger partial charge in [-0.25, -0.2) is 0 Å². The molecule has 0 saturated carbocycles. The molecule has 0 heterocycles. The third-order valence-electron chi connectivity index (χ3n) is 3.64. The number of nitrogens with one attached hydrogen (secondary N) is 1. The normalized spacial score (nSPS) is 15.2. The summed E-state index contributed by atoms with van der Waals surface area (Å²) in [6.07, 6.45) is 3.35. The Labute approximate surface area is 123 Å². The van der Waals surface area contributed by atoms with Gasteiger partial charge >= 0.3 is 0 Å². The molecule has 2 heteroatoms. The zero-order valence-corrected chi connectivity index (χ0v) is 13.9. The average molecular weight is 279 g/mol. The molecule has 1 nitrogen and oxygen atoms in total. The van der Waals surface area contributed by atoms with E-state index in [1.165, 1.54) is 17.7 Å². The first kappa shape index (κ1) is 16.6. The maximum absolute atomic E-state index is 3.68. The fourth-order valence-corrected chi connectivity index (χ4v) is 3.28. The predicted molar refractivity (Wildman–Crippen MR) is 89.1 cm³/mol. The fourth-order valence-electron chi connectivity index (χ4n) is 2.59. The Bertz CT molecular complexity index is 348. The number of rotatable bonds is 8. The largest absolute Gasteiger partial charge is 0.314 e. The van der Waals surface area contributed by atoms with Crippen molar-refractivity contribution in [2.45, 2.75) is 45.6 Å². The van der Waals surface area contributed by atoms with Gasteiger partial charge < -0.3 is 5.32 Å². The van der Waals surface area contributed by atoms with E-state index in [4.69, 9.17) is 0 Å². The van der Waals surface area contributed by atoms with Crippen LogP contribution in [0.3, 0.4) is 0 Å². The summed E-state index contributed by atoms with van der Waals surface area (Å²) in [6, 6.07) is 11.4. The Balaban J connectivity index is 2.45. The van der Waals surface area contributed by atoms with E-state index >= 15 is 0 Å². The van der Waals surface area contributed by atoms with Crippen LogP contribution in [-0.4, -0.2) is 24.6 Å². The Kier molecular flexibility index (Phi) is 6.95. The number of thioether (sulfide) groups is 1. The van der Waals surface area contributed by atoms with Crippen molar-refractivity contribution in [3.63, 3.8) is 0 Å². The summed E-state index contributed by atoms with van der Waals surface area (Å²) in [5.41, 5.74) is 1.66. The van der Waals surface area contributed by atoms with Crippen LogP contribution >= 0.6 is 11.8 Å². The molecular formula is C17H29NS. The molecule has 0 aliphatic heterocycles. The second-order valence-electron chi connectivity index (χ2n) is 6.32. The Morgan fingerprint density at radius 2 is 1.79 bits per heavy atom. The summed E-state index contributed by atoms with van der Waals surface area (Å²) < 4.78 is 0. The Morgan fingerprint density at radius 3 is 2.37 bits per heavy atom. The molecule has 2 unspecified atom stereocenters. The van der Waals surface area contributed by atoms with Gasteiger partial charge in [0, 0.05) is 6.04 Å². The van der Waals surface area contributed by atoms with Crippen molar-refractivity contribution in [3.05, 3.63) is 35.9 Å². The van der Waals surface area contributed by atoms with Crippen LogP contribution in [0.4, 0.5) is 0 Å². The van der Waals surface area contributed by atoms with Gasteiger partial charge in [0.2, 0.25) is 0 Å². The van der Waals surface area contributed by atoms with Gasteiger partial charge in [-0.3, -0.25) is 0 Å². The molecule has 0 aliphatic carbocycles. The molecule has 0 fully saturated rings. The molecule has 1 aromatic carbocycles. The smallest absolute Gasteiger partial charge is 0.00471 e. The minimum Gasteiger partial charge on any atom is -0.314 e. The third kappa shape index (κ3) is 6.01. The highest BCUT2D eigenvalue weighted by Crippen LogP contribution is 2.28. The Morgan fingerprint density at radius 1 is 1.16 bits per heavy atom. The summed E-state index contributed by atoms with van der Waals surface area (Å²) in [4.78, 5) is 0. The van der Waals surface area contributed by atoms with Crippen molar-refractivity contribution in [3.8, 4) is 0 Å². The van der Waals surface area contributed by atoms with E-state index < -0.39 is 0 Å². The summed E-state index contributed by atoms with van der Waals surface area (Å²) in [5.74, 6) is 1.99. The molecular weight excluding hydrogens is 250 g/mol. The van der Waals surface area contributed by atoms with E-state index in [0.29, 0.717) is 6.04 Å². The first-order valence-electron chi connectivity index (χ1n) is 7.23. The number of hydrogen-bond donors (Lipinski definition) is 1. The molecule has 0 spiro atoms. The highest BCUT2D eigenvalue weighted by Gasteiger charge is 2.23. The highest BCUT2D eigenvalue weighted by atomic mass is 32.2. The molecule has 2 atom stereocenters. The van der Waals surface area contributed by atoms with Crippen LogP contribution in [0.5, 0.6) is 0 Å². The van der Waals surface area contributed by atoms with E-state index in [1.54, 1.807) is 0 Å². The Hall–Kier alpha value is -0.470. The van der Waals surface area contributed by atoms with Crippen LogP contribution < -0.4 is 5.32 Å². The molecule has 0 bridgehead atoms. The van der Waals surface area contributed by atoms with Gasteiger partial charge in [-0.15, -0.1) is 0 Å². The minimum absolute atomic E-state index is 0.233. The number of benzene rings is 1. The fraction of sp³-hybridized carbons (Fsp3) is 0.647. The summed E-state index contributed by atoms with van der Waals surface area (Å²) in [6.45, 7) is 10.4. The second-order valence-corrected chi connectivity index (χ2v) is 7.23. The lowest BCUT2D eigenvalue weighted by molar-refractivity contribution is 0.376. The molecule has 108 valence electrons. The molecule has 1 aromatic rings. The van der Waals surface area contributed by atoms with Gasteiger partial charge in [0.25, 0.3) is 0 Å². The van der Waals surface area contributed by atoms with Crippen LogP contribution in [0.2, 0.25) is 0 Å². The van der Waals surface area contributed by atoms with Gasteiger partial charge in [0.05, 0.1) is 0 Å². The molecule has 0 aliphatic rings. The van der Waals surface area contributed by atoms with E-state index in [2.05, 4.69) is 69.6 Å². The lowest BCUT2D eigenvalue weighted by Crippen LogP contribution is -2.36. The van der Waals surface area contributed by atoms with Crippen molar-refractivity contribution in [1.29, 1.82) is 0 Å². The third-order valence-corrected chi connectivity index (χ3v) is 4.54. The van der Waals surface area contributed by atoms with E-state index in [1.807, 2.05) is 11.8 Å². The van der Waals surface area contributed by atoms with Crippen LogP contribution in [0.25, 0.3) is 0 Å². The first-order valence-corrected chi connectivity index (χ1v) is 8.63. The van der Waals surface area contributed by atoms with Gasteiger partial charge in [0.1, 0.15) is 0 Å². The molecule has 19 heavy (non-hydrogen) atoms. The number of hydrogen-bond acceptors (Lipinski definition) is 2. The zero-order valence-electron chi connectivity index (χ0n) is 13.1. The summed E-state index contributed by atoms with van der Waals surface area (Å²) >= 11 is 1.93. The zero-order chi connectivity index (χ0) is 14.3. The van der Waals surface area contributed by atoms with Gasteiger partial charge in [-0.2, -0.15) is 11.8 Å². The first-order chi connectivity index (χ1) is 8.95. The quantitative estimate of drug-likeness (QED) is 0.760. The molecule has 0 aromatic heterocycles. The lowest BCUT2D eigenvalue weighted by Gasteiger charge is -2.29. The topological polar surface area (TPSA) is 12.0 Å². The molecule has 0 amide bonds. The van der Waals surface area contributed by atoms with Crippen LogP contribution in [0, 0.1) is 5.92 Å². The summed E-state index contributed by atoms with van der Waals surface area (Å²) in [7, 11) is 0. The van der Waals surface area contributed by atoms with Crippen molar-refractivity contribution in [2.75, 3.05) is 18.6 Å². The van der Waals surface area contributed by atoms with E-state index in [-0.39, 0.29) is 5.41 Å². The van der Waals surface area contributed by atoms with Crippen LogP contribution in [0.15, 0.2) is 30.3 Å². The van der Waals surface area contributed by atoms with Crippen LogP contribution in [0.1, 0.15) is 39.7 Å². The lowest BCUT2D eigenvalue weighted by atomic mass is 9.79. The standard InChI is InChI=1S/C17H29NS/c1-14(13-19-5)12-18-15(2)11-17(3,4)16-9-7-6-8-10-16/h6-10,14-15,18H,11-13H2,1-5H3. The van der Waals surface area contributed by atoms with Crippen molar-refractivity contribution < 1.29 is 0 Å². The van der Waals surface area contributed by atoms with Gasteiger partial charge in [-0.05, 0) is 48.8 Å². The maximum atomic E-state index is 3.68. The molecule has 0 radical (unpaired) electrons. The van der Waals surface area contributed by atoms with Crippen molar-refractivity contribution in [1.82, 2.24) is 5.32 Å². The van der Waals surface area contributed by atoms with Crippen molar-refractivity contribution >= 4 is 11.8 Å². The average Bonchev–Trinajstić information content (AvgIpc) is 2.37. The van der Waals surface area contributed by atoms with Crippen LogP contribution in [-0.2, 0) is 5.41 Å².